The van der Waals surface area contributed by atoms with Crippen LogP contribution in [0.2, 0.25) is 5.02 Å². The third kappa shape index (κ3) is 4.77. The molecule has 0 amide bonds. The van der Waals surface area contributed by atoms with Gasteiger partial charge in [0.1, 0.15) is 5.82 Å². The number of pyridine rings is 1. The summed E-state index contributed by atoms with van der Waals surface area (Å²) >= 11 is 6.14. The van der Waals surface area contributed by atoms with E-state index < -0.39 is 0 Å². The van der Waals surface area contributed by atoms with Crippen LogP contribution in [0.4, 0.5) is 4.39 Å². The molecule has 21 heavy (non-hydrogen) atoms. The predicted molar refractivity (Wildman–Crippen MR) is 83.5 cm³/mol. The van der Waals surface area contributed by atoms with Crippen molar-refractivity contribution >= 4 is 11.6 Å². The summed E-state index contributed by atoms with van der Waals surface area (Å²) in [5, 5.41) is 0.772. The Balaban J connectivity index is 1.85. The van der Waals surface area contributed by atoms with E-state index in [1.54, 1.807) is 6.07 Å². The Morgan fingerprint density at radius 2 is 2.05 bits per heavy atom. The second kappa shape index (κ2) is 7.50. The molecule has 0 bridgehead atoms. The minimum absolute atomic E-state index is 0.195. The van der Waals surface area contributed by atoms with Gasteiger partial charge >= 0.3 is 0 Å². The van der Waals surface area contributed by atoms with Crippen molar-refractivity contribution in [1.29, 1.82) is 0 Å². The topological polar surface area (TPSA) is 42.1 Å². The van der Waals surface area contributed by atoms with Crippen molar-refractivity contribution in [2.75, 3.05) is 13.6 Å². The number of aromatic nitrogens is 1. The molecule has 1 heterocycles. The van der Waals surface area contributed by atoms with Gasteiger partial charge in [0.2, 0.25) is 0 Å². The minimum atomic E-state index is -0.346. The smallest absolute Gasteiger partial charge is 0.141 e. The Labute approximate surface area is 129 Å². The van der Waals surface area contributed by atoms with Crippen LogP contribution in [-0.4, -0.2) is 23.5 Å². The maximum absolute atomic E-state index is 12.8. The van der Waals surface area contributed by atoms with Crippen LogP contribution in [0.15, 0.2) is 42.6 Å². The van der Waals surface area contributed by atoms with Gasteiger partial charge in [-0.2, -0.15) is 0 Å². The van der Waals surface area contributed by atoms with E-state index in [-0.39, 0.29) is 11.9 Å². The van der Waals surface area contributed by atoms with Gasteiger partial charge in [0.05, 0.1) is 11.9 Å². The summed E-state index contributed by atoms with van der Waals surface area (Å²) in [5.41, 5.74) is 7.88. The first-order chi connectivity index (χ1) is 10.1. The van der Waals surface area contributed by atoms with Crippen molar-refractivity contribution in [2.24, 2.45) is 5.73 Å². The largest absolute Gasteiger partial charge is 0.323 e. The number of nitrogens with zero attached hydrogens (tertiary/aromatic N) is 2. The number of hydrogen-bond donors (Lipinski definition) is 1. The van der Waals surface area contributed by atoms with E-state index in [2.05, 4.69) is 9.88 Å². The normalized spacial score (nSPS) is 12.6. The van der Waals surface area contributed by atoms with Crippen LogP contribution in [0.3, 0.4) is 0 Å². The van der Waals surface area contributed by atoms with Crippen molar-refractivity contribution in [2.45, 2.75) is 19.0 Å². The molecule has 0 aliphatic rings. The quantitative estimate of drug-likeness (QED) is 0.889. The molecule has 0 aliphatic heterocycles. The van der Waals surface area contributed by atoms with Gasteiger partial charge in [0.15, 0.2) is 0 Å². The Kier molecular flexibility index (Phi) is 5.67. The van der Waals surface area contributed by atoms with Crippen LogP contribution in [0, 0.1) is 5.82 Å². The average Bonchev–Trinajstić information content (AvgIpc) is 2.48. The van der Waals surface area contributed by atoms with Gasteiger partial charge in [-0.1, -0.05) is 29.8 Å². The molecule has 0 spiro atoms. The fourth-order valence-corrected chi connectivity index (χ4v) is 2.31. The molecule has 2 aromatic rings. The van der Waals surface area contributed by atoms with Crippen molar-refractivity contribution in [1.82, 2.24) is 9.88 Å². The maximum atomic E-state index is 12.8. The minimum Gasteiger partial charge on any atom is -0.323 e. The Morgan fingerprint density at radius 1 is 1.29 bits per heavy atom. The molecule has 1 atom stereocenters. The predicted octanol–water partition coefficient (Wildman–Crippen LogP) is 3.40. The summed E-state index contributed by atoms with van der Waals surface area (Å²) in [6.07, 6.45) is 1.95. The van der Waals surface area contributed by atoms with Gasteiger partial charge in [-0.05, 0) is 37.2 Å². The number of halogens is 2. The summed E-state index contributed by atoms with van der Waals surface area (Å²) in [4.78, 5) is 6.17. The monoisotopic (exact) mass is 307 g/mol. The number of benzene rings is 1. The molecule has 3 nitrogen and oxygen atoms in total. The molecular formula is C16H19ClFN3. The zero-order chi connectivity index (χ0) is 15.2. The molecule has 0 fully saturated rings. The van der Waals surface area contributed by atoms with E-state index in [1.807, 2.05) is 31.3 Å². The van der Waals surface area contributed by atoms with Crippen molar-refractivity contribution in [3.8, 4) is 0 Å². The molecule has 112 valence electrons. The third-order valence-corrected chi connectivity index (χ3v) is 3.72. The lowest BCUT2D eigenvalue weighted by molar-refractivity contribution is 0.310. The highest BCUT2D eigenvalue weighted by atomic mass is 35.5. The Hall–Kier alpha value is -1.49. The first kappa shape index (κ1) is 15.9. The molecule has 2 rings (SSSR count). The third-order valence-electron chi connectivity index (χ3n) is 3.35. The average molecular weight is 308 g/mol. The Bertz CT molecular complexity index is 574. The van der Waals surface area contributed by atoms with E-state index in [0.29, 0.717) is 5.69 Å². The molecule has 2 N–H and O–H groups in total. The van der Waals surface area contributed by atoms with Gasteiger partial charge in [-0.3, -0.25) is 4.98 Å². The molecule has 0 aliphatic carbocycles. The zero-order valence-corrected chi connectivity index (χ0v) is 12.7. The van der Waals surface area contributed by atoms with E-state index in [0.717, 1.165) is 30.1 Å². The van der Waals surface area contributed by atoms with Crippen molar-refractivity contribution < 1.29 is 4.39 Å². The van der Waals surface area contributed by atoms with Gasteiger partial charge in [0.25, 0.3) is 0 Å². The molecule has 0 saturated heterocycles. The lowest BCUT2D eigenvalue weighted by atomic mass is 10.1. The molecular weight excluding hydrogens is 289 g/mol. The van der Waals surface area contributed by atoms with Crippen LogP contribution >= 0.6 is 11.6 Å². The number of rotatable bonds is 6. The van der Waals surface area contributed by atoms with Crippen LogP contribution in [0.25, 0.3) is 0 Å². The molecule has 1 unspecified atom stereocenters. The summed E-state index contributed by atoms with van der Waals surface area (Å²) in [5.74, 6) is -0.346. The van der Waals surface area contributed by atoms with Crippen LogP contribution in [0.1, 0.15) is 23.7 Å². The highest BCUT2D eigenvalue weighted by Crippen LogP contribution is 2.17. The fourth-order valence-electron chi connectivity index (χ4n) is 2.11. The lowest BCUT2D eigenvalue weighted by Crippen LogP contribution is -2.24. The standard InChI is InChI=1S/C16H19ClFN3/c1-21(11-12-4-2-3-5-14(12)17)9-8-15(19)16-7-6-13(18)10-20-16/h2-7,10,15H,8-9,11,19H2,1H3. The molecule has 1 aromatic carbocycles. The molecule has 0 radical (unpaired) electrons. The summed E-state index contributed by atoms with van der Waals surface area (Å²) < 4.78 is 12.8. The first-order valence-corrected chi connectivity index (χ1v) is 7.23. The lowest BCUT2D eigenvalue weighted by Gasteiger charge is -2.19. The molecule has 0 saturated carbocycles. The molecule has 1 aromatic heterocycles. The van der Waals surface area contributed by atoms with E-state index in [4.69, 9.17) is 17.3 Å². The number of hydrogen-bond acceptors (Lipinski definition) is 3. The Morgan fingerprint density at radius 3 is 2.71 bits per heavy atom. The second-order valence-corrected chi connectivity index (χ2v) is 5.53. The van der Waals surface area contributed by atoms with E-state index in [1.165, 1.54) is 12.3 Å². The van der Waals surface area contributed by atoms with Gasteiger partial charge in [-0.15, -0.1) is 0 Å². The van der Waals surface area contributed by atoms with E-state index >= 15 is 0 Å². The van der Waals surface area contributed by atoms with Crippen LogP contribution in [-0.2, 0) is 6.54 Å². The number of nitrogens with two attached hydrogens (primary N) is 1. The SMILES string of the molecule is CN(CCC(N)c1ccc(F)cn1)Cc1ccccc1Cl. The van der Waals surface area contributed by atoms with Crippen molar-refractivity contribution in [3.63, 3.8) is 0 Å². The van der Waals surface area contributed by atoms with Gasteiger partial charge < -0.3 is 10.6 Å². The highest BCUT2D eigenvalue weighted by molar-refractivity contribution is 6.31. The molecule has 5 heteroatoms. The summed E-state index contributed by atoms with van der Waals surface area (Å²) in [6, 6.07) is 10.6. The van der Waals surface area contributed by atoms with Crippen LogP contribution < -0.4 is 5.73 Å². The summed E-state index contributed by atoms with van der Waals surface area (Å²) in [6.45, 7) is 1.58. The van der Waals surface area contributed by atoms with Crippen molar-refractivity contribution in [3.05, 3.63) is 64.7 Å². The summed E-state index contributed by atoms with van der Waals surface area (Å²) in [7, 11) is 2.02. The second-order valence-electron chi connectivity index (χ2n) is 5.13. The van der Waals surface area contributed by atoms with E-state index in [9.17, 15) is 4.39 Å². The van der Waals surface area contributed by atoms with Gasteiger partial charge in [-0.25, -0.2) is 4.39 Å². The maximum Gasteiger partial charge on any atom is 0.141 e. The highest BCUT2D eigenvalue weighted by Gasteiger charge is 2.10. The first-order valence-electron chi connectivity index (χ1n) is 6.85. The fraction of sp³-hybridized carbons (Fsp3) is 0.312. The van der Waals surface area contributed by atoms with Crippen LogP contribution in [0.5, 0.6) is 0 Å². The zero-order valence-electron chi connectivity index (χ0n) is 12.0. The van der Waals surface area contributed by atoms with Gasteiger partial charge in [0, 0.05) is 24.2 Å².